The third-order valence-electron chi connectivity index (χ3n) is 5.77. The number of nitrogens with zero attached hydrogens (tertiary/aromatic N) is 3. The van der Waals surface area contributed by atoms with E-state index < -0.39 is 0 Å². The van der Waals surface area contributed by atoms with E-state index in [4.69, 9.17) is 9.84 Å². The van der Waals surface area contributed by atoms with E-state index in [0.29, 0.717) is 17.9 Å². The quantitative estimate of drug-likeness (QED) is 0.936. The predicted molar refractivity (Wildman–Crippen MR) is 93.1 cm³/mol. The Balaban J connectivity index is 1.60. The van der Waals surface area contributed by atoms with Gasteiger partial charge in [-0.1, -0.05) is 0 Å². The summed E-state index contributed by atoms with van der Waals surface area (Å²) in [4.78, 5) is 2.45. The van der Waals surface area contributed by atoms with Crippen LogP contribution in [0, 0.1) is 5.92 Å². The Morgan fingerprint density at radius 2 is 2.08 bits per heavy atom. The fourth-order valence-corrected chi connectivity index (χ4v) is 4.39. The summed E-state index contributed by atoms with van der Waals surface area (Å²) >= 11 is 0. The Kier molecular flexibility index (Phi) is 4.06. The lowest BCUT2D eigenvalue weighted by Crippen LogP contribution is -2.53. The maximum Gasteiger partial charge on any atom is 0.118 e. The minimum atomic E-state index is 0.283. The minimum Gasteiger partial charge on any atom is -0.497 e. The number of aromatic nitrogens is 2. The van der Waals surface area contributed by atoms with Crippen LogP contribution in [0.15, 0.2) is 30.3 Å². The second-order valence-electron chi connectivity index (χ2n) is 7.03. The summed E-state index contributed by atoms with van der Waals surface area (Å²) in [5.74, 6) is 2.04. The van der Waals surface area contributed by atoms with Gasteiger partial charge in [-0.25, -0.2) is 0 Å². The summed E-state index contributed by atoms with van der Waals surface area (Å²) in [6, 6.07) is 10.7. The van der Waals surface area contributed by atoms with Crippen molar-refractivity contribution in [3.63, 3.8) is 0 Å². The molecule has 1 aromatic heterocycles. The van der Waals surface area contributed by atoms with E-state index in [0.717, 1.165) is 36.5 Å². The highest BCUT2D eigenvalue weighted by molar-refractivity contribution is 5.60. The molecule has 2 aromatic rings. The molecular formula is C19H25N3O2. The molecule has 5 rings (SSSR count). The Labute approximate surface area is 142 Å². The van der Waals surface area contributed by atoms with E-state index in [9.17, 15) is 5.11 Å². The van der Waals surface area contributed by atoms with E-state index >= 15 is 0 Å². The summed E-state index contributed by atoms with van der Waals surface area (Å²) < 4.78 is 7.27. The Morgan fingerprint density at radius 1 is 1.29 bits per heavy atom. The first-order valence-electron chi connectivity index (χ1n) is 8.73. The van der Waals surface area contributed by atoms with Crippen molar-refractivity contribution in [3.05, 3.63) is 36.0 Å². The van der Waals surface area contributed by atoms with Gasteiger partial charge in [0.15, 0.2) is 0 Å². The molecule has 5 nitrogen and oxygen atoms in total. The van der Waals surface area contributed by atoms with Crippen molar-refractivity contribution < 1.29 is 9.84 Å². The van der Waals surface area contributed by atoms with Gasteiger partial charge in [0, 0.05) is 36.8 Å². The normalized spacial score (nSPS) is 29.0. The lowest BCUT2D eigenvalue weighted by atomic mass is 9.74. The highest BCUT2D eigenvalue weighted by atomic mass is 16.5. The molecule has 0 saturated carbocycles. The van der Waals surface area contributed by atoms with Gasteiger partial charge in [0.2, 0.25) is 0 Å². The van der Waals surface area contributed by atoms with E-state index in [1.165, 1.54) is 12.1 Å². The molecule has 0 radical (unpaired) electrons. The first kappa shape index (κ1) is 15.7. The molecule has 0 aliphatic carbocycles. The molecule has 4 atom stereocenters. The van der Waals surface area contributed by atoms with Gasteiger partial charge in [0.1, 0.15) is 5.75 Å². The number of methoxy groups -OCH3 is 1. The van der Waals surface area contributed by atoms with Crippen molar-refractivity contribution >= 4 is 0 Å². The van der Waals surface area contributed by atoms with Crippen LogP contribution < -0.4 is 4.74 Å². The van der Waals surface area contributed by atoms with Crippen molar-refractivity contribution in [2.75, 3.05) is 26.8 Å². The molecule has 3 fully saturated rings. The molecule has 2 bridgehead atoms. The number of aryl methyl sites for hydroxylation is 1. The summed E-state index contributed by atoms with van der Waals surface area (Å²) in [7, 11) is 3.73. The Morgan fingerprint density at radius 3 is 2.71 bits per heavy atom. The van der Waals surface area contributed by atoms with Gasteiger partial charge in [-0.2, -0.15) is 5.10 Å². The van der Waals surface area contributed by atoms with Crippen LogP contribution >= 0.6 is 0 Å². The van der Waals surface area contributed by atoms with Gasteiger partial charge in [-0.05, 0) is 55.6 Å². The summed E-state index contributed by atoms with van der Waals surface area (Å²) in [6.07, 6.45) is 2.33. The predicted octanol–water partition coefficient (Wildman–Crippen LogP) is 2.27. The summed E-state index contributed by atoms with van der Waals surface area (Å²) in [5, 5.41) is 14.3. The summed E-state index contributed by atoms with van der Waals surface area (Å²) in [5.41, 5.74) is 3.45. The van der Waals surface area contributed by atoms with Gasteiger partial charge in [-0.15, -0.1) is 0 Å². The molecule has 5 heteroatoms. The van der Waals surface area contributed by atoms with E-state index in [1.54, 1.807) is 7.11 Å². The third kappa shape index (κ3) is 2.62. The van der Waals surface area contributed by atoms with Gasteiger partial charge >= 0.3 is 0 Å². The number of rotatable bonds is 4. The van der Waals surface area contributed by atoms with Gasteiger partial charge < -0.3 is 9.84 Å². The number of aliphatic hydroxyl groups is 1. The minimum absolute atomic E-state index is 0.283. The smallest absolute Gasteiger partial charge is 0.118 e. The number of fused-ring (bicyclic) bond motifs is 3. The highest BCUT2D eigenvalue weighted by Gasteiger charge is 2.41. The number of piperidine rings is 3. The maximum atomic E-state index is 9.55. The molecule has 4 heterocycles. The third-order valence-corrected chi connectivity index (χ3v) is 5.77. The van der Waals surface area contributed by atoms with Crippen LogP contribution in [0.1, 0.15) is 24.5 Å². The molecule has 128 valence electrons. The molecule has 3 saturated heterocycles. The van der Waals surface area contributed by atoms with Crippen molar-refractivity contribution in [1.82, 2.24) is 14.7 Å². The molecule has 3 aliphatic rings. The number of benzene rings is 1. The number of hydrogen-bond donors (Lipinski definition) is 1. The first-order chi connectivity index (χ1) is 11.7. The lowest BCUT2D eigenvalue weighted by Gasteiger charge is -2.49. The number of hydrogen-bond acceptors (Lipinski definition) is 4. The number of ether oxygens (including phenoxy) is 1. The van der Waals surface area contributed by atoms with Crippen molar-refractivity contribution in [3.8, 4) is 17.0 Å². The van der Waals surface area contributed by atoms with Gasteiger partial charge in [0.25, 0.3) is 0 Å². The van der Waals surface area contributed by atoms with Crippen LogP contribution in [0.5, 0.6) is 5.75 Å². The summed E-state index contributed by atoms with van der Waals surface area (Å²) in [6.45, 7) is 2.44. The zero-order chi connectivity index (χ0) is 16.7. The average molecular weight is 327 g/mol. The molecule has 1 unspecified atom stereocenters. The van der Waals surface area contributed by atoms with E-state index in [-0.39, 0.29) is 6.61 Å². The van der Waals surface area contributed by atoms with E-state index in [1.807, 2.05) is 23.9 Å². The molecule has 0 amide bonds. The van der Waals surface area contributed by atoms with Crippen LogP contribution in [-0.4, -0.2) is 52.6 Å². The van der Waals surface area contributed by atoms with E-state index in [2.05, 4.69) is 23.1 Å². The molecule has 3 aliphatic heterocycles. The monoisotopic (exact) mass is 327 g/mol. The van der Waals surface area contributed by atoms with Crippen molar-refractivity contribution in [2.45, 2.75) is 24.8 Å². The van der Waals surface area contributed by atoms with Gasteiger partial charge in [-0.3, -0.25) is 9.58 Å². The SMILES string of the molecule is COc1ccc(-c2cc([C@H]3CN4CC[C@H]3C[C@@H]4CO)n(C)n2)cc1. The number of aliphatic hydroxyl groups excluding tert-OH is 1. The molecule has 24 heavy (non-hydrogen) atoms. The van der Waals surface area contributed by atoms with Crippen LogP contribution in [0.2, 0.25) is 0 Å². The lowest BCUT2D eigenvalue weighted by molar-refractivity contribution is 0.00105. The van der Waals surface area contributed by atoms with Gasteiger partial charge in [0.05, 0.1) is 19.4 Å². The maximum absolute atomic E-state index is 9.55. The molecule has 1 N–H and O–H groups in total. The zero-order valence-electron chi connectivity index (χ0n) is 14.4. The topological polar surface area (TPSA) is 50.5 Å². The molecule has 1 aromatic carbocycles. The largest absolute Gasteiger partial charge is 0.497 e. The second kappa shape index (κ2) is 6.22. The van der Waals surface area contributed by atoms with Crippen LogP contribution in [0.3, 0.4) is 0 Å². The first-order valence-corrected chi connectivity index (χ1v) is 8.73. The fraction of sp³-hybridized carbons (Fsp3) is 0.526. The molecule has 0 spiro atoms. The molecular weight excluding hydrogens is 302 g/mol. The Hall–Kier alpha value is -1.85. The standard InChI is InChI=1S/C19H25N3O2/c1-21-19(17-11-22-8-7-14(17)9-15(22)12-23)10-18(20-21)13-3-5-16(24-2)6-4-13/h3-6,10,14-15,17,23H,7-9,11-12H2,1-2H3/t14-,15+,17-/m0/s1. The fourth-order valence-electron chi connectivity index (χ4n) is 4.39. The van der Waals surface area contributed by atoms with Crippen LogP contribution in [0.4, 0.5) is 0 Å². The second-order valence-corrected chi connectivity index (χ2v) is 7.03. The van der Waals surface area contributed by atoms with Crippen molar-refractivity contribution in [1.29, 1.82) is 0 Å². The zero-order valence-corrected chi connectivity index (χ0v) is 14.4. The van der Waals surface area contributed by atoms with Crippen molar-refractivity contribution in [2.24, 2.45) is 13.0 Å². The van der Waals surface area contributed by atoms with Crippen LogP contribution in [0.25, 0.3) is 11.3 Å². The average Bonchev–Trinajstić information content (AvgIpc) is 3.03. The van der Waals surface area contributed by atoms with Crippen LogP contribution in [-0.2, 0) is 7.05 Å². The highest BCUT2D eigenvalue weighted by Crippen LogP contribution is 2.42. The Bertz CT molecular complexity index is 710.